The number of likely N-dealkylation sites (N-methyl/N-ethyl adjacent to an activating group) is 1. The zero-order valence-corrected chi connectivity index (χ0v) is 14.0. The molecule has 2 rings (SSSR count). The van der Waals surface area contributed by atoms with Crippen molar-refractivity contribution < 1.29 is 9.53 Å². The minimum atomic E-state index is -0.00491. The predicted octanol–water partition coefficient (Wildman–Crippen LogP) is 1.25. The second kappa shape index (κ2) is 8.36. The molecule has 5 nitrogen and oxygen atoms in total. The Morgan fingerprint density at radius 3 is 2.73 bits per heavy atom. The first-order chi connectivity index (χ1) is 10.6. The first-order valence-electron chi connectivity index (χ1n) is 7.58. The van der Waals surface area contributed by atoms with Crippen molar-refractivity contribution in [1.82, 2.24) is 15.1 Å². The Kier molecular flexibility index (Phi) is 6.49. The molecule has 1 aliphatic heterocycles. The van der Waals surface area contributed by atoms with Crippen molar-refractivity contribution >= 4 is 17.5 Å². The molecule has 0 spiro atoms. The third-order valence-electron chi connectivity index (χ3n) is 3.94. The highest BCUT2D eigenvalue weighted by Crippen LogP contribution is 2.22. The molecule has 1 aromatic carbocycles. The summed E-state index contributed by atoms with van der Waals surface area (Å²) in [5.74, 6) is 0.688. The van der Waals surface area contributed by atoms with Gasteiger partial charge in [-0.1, -0.05) is 11.6 Å². The largest absolute Gasteiger partial charge is 0.496 e. The lowest BCUT2D eigenvalue weighted by molar-refractivity contribution is -0.120. The molecule has 1 N–H and O–H groups in total. The van der Waals surface area contributed by atoms with E-state index in [1.165, 1.54) is 0 Å². The van der Waals surface area contributed by atoms with Gasteiger partial charge < -0.3 is 15.0 Å². The molecular weight excluding hydrogens is 302 g/mol. The van der Waals surface area contributed by atoms with Crippen molar-refractivity contribution in [2.45, 2.75) is 6.42 Å². The number of piperazine rings is 1. The number of amides is 1. The van der Waals surface area contributed by atoms with Gasteiger partial charge in [0.1, 0.15) is 5.75 Å². The van der Waals surface area contributed by atoms with Gasteiger partial charge in [0.25, 0.3) is 0 Å². The molecule has 0 radical (unpaired) electrons. The third kappa shape index (κ3) is 5.16. The Balaban J connectivity index is 1.75. The number of ether oxygens (including phenoxy) is 1. The van der Waals surface area contributed by atoms with Gasteiger partial charge in [-0.25, -0.2) is 0 Å². The molecule has 1 aromatic rings. The SMILES string of the molecule is COc1ccc(Cl)cc1CC(=O)NCCN1CCN(C)CC1. The normalized spacial score (nSPS) is 16.5. The minimum Gasteiger partial charge on any atom is -0.496 e. The highest BCUT2D eigenvalue weighted by atomic mass is 35.5. The second-order valence-corrected chi connectivity index (χ2v) is 6.06. The zero-order valence-electron chi connectivity index (χ0n) is 13.3. The molecule has 0 saturated carbocycles. The van der Waals surface area contributed by atoms with Crippen LogP contribution in [-0.4, -0.2) is 69.1 Å². The number of carbonyl (C=O) groups is 1. The fraction of sp³-hybridized carbons (Fsp3) is 0.562. The smallest absolute Gasteiger partial charge is 0.224 e. The number of benzene rings is 1. The molecule has 122 valence electrons. The van der Waals surface area contributed by atoms with Gasteiger partial charge in [0.15, 0.2) is 0 Å². The first kappa shape index (κ1) is 17.1. The Bertz CT molecular complexity index is 502. The van der Waals surface area contributed by atoms with Crippen molar-refractivity contribution in [3.05, 3.63) is 28.8 Å². The number of carbonyl (C=O) groups excluding carboxylic acids is 1. The molecule has 1 saturated heterocycles. The van der Waals surface area contributed by atoms with Crippen molar-refractivity contribution in [3.63, 3.8) is 0 Å². The third-order valence-corrected chi connectivity index (χ3v) is 4.17. The number of halogens is 1. The number of rotatable bonds is 6. The fourth-order valence-corrected chi connectivity index (χ4v) is 2.74. The van der Waals surface area contributed by atoms with E-state index in [9.17, 15) is 4.79 Å². The molecule has 0 atom stereocenters. The molecular formula is C16H24ClN3O2. The first-order valence-corrected chi connectivity index (χ1v) is 7.96. The van der Waals surface area contributed by atoms with Gasteiger partial charge in [0.2, 0.25) is 5.91 Å². The van der Waals surface area contributed by atoms with E-state index in [0.717, 1.165) is 38.3 Å². The number of methoxy groups -OCH3 is 1. The standard InChI is InChI=1S/C16H24ClN3O2/c1-19-7-9-20(10-8-19)6-5-18-16(21)12-13-11-14(17)3-4-15(13)22-2/h3-4,11H,5-10,12H2,1-2H3,(H,18,21). The number of hydrogen-bond donors (Lipinski definition) is 1. The summed E-state index contributed by atoms with van der Waals surface area (Å²) in [6.45, 7) is 5.88. The molecule has 0 unspecified atom stereocenters. The van der Waals surface area contributed by atoms with Crippen molar-refractivity contribution in [1.29, 1.82) is 0 Å². The van der Waals surface area contributed by atoms with Crippen LogP contribution in [0.25, 0.3) is 0 Å². The maximum Gasteiger partial charge on any atom is 0.224 e. The lowest BCUT2D eigenvalue weighted by atomic mass is 10.1. The lowest BCUT2D eigenvalue weighted by Gasteiger charge is -2.32. The van der Waals surface area contributed by atoms with Crippen LogP contribution in [-0.2, 0) is 11.2 Å². The van der Waals surface area contributed by atoms with Gasteiger partial charge in [-0.15, -0.1) is 0 Å². The van der Waals surface area contributed by atoms with Gasteiger partial charge >= 0.3 is 0 Å². The average Bonchev–Trinajstić information content (AvgIpc) is 2.49. The van der Waals surface area contributed by atoms with Crippen LogP contribution >= 0.6 is 11.6 Å². The van der Waals surface area contributed by atoms with Crippen molar-refractivity contribution in [2.24, 2.45) is 0 Å². The fourth-order valence-electron chi connectivity index (χ4n) is 2.55. The second-order valence-electron chi connectivity index (χ2n) is 5.63. The van der Waals surface area contributed by atoms with E-state index in [1.807, 2.05) is 0 Å². The Morgan fingerprint density at radius 1 is 1.32 bits per heavy atom. The Hall–Kier alpha value is -1.30. The van der Waals surface area contributed by atoms with Gasteiger partial charge in [0, 0.05) is 49.9 Å². The summed E-state index contributed by atoms with van der Waals surface area (Å²) in [6.07, 6.45) is 0.284. The molecule has 1 amide bonds. The topological polar surface area (TPSA) is 44.8 Å². The number of hydrogen-bond acceptors (Lipinski definition) is 4. The summed E-state index contributed by atoms with van der Waals surface area (Å²) in [5.41, 5.74) is 0.812. The van der Waals surface area contributed by atoms with Gasteiger partial charge in [-0.05, 0) is 25.2 Å². The van der Waals surface area contributed by atoms with Crippen LogP contribution in [0.1, 0.15) is 5.56 Å². The number of nitrogens with zero attached hydrogens (tertiary/aromatic N) is 2. The van der Waals surface area contributed by atoms with Crippen LogP contribution in [0.5, 0.6) is 5.75 Å². The molecule has 6 heteroatoms. The summed E-state index contributed by atoms with van der Waals surface area (Å²) in [7, 11) is 3.73. The maximum absolute atomic E-state index is 12.0. The van der Waals surface area contributed by atoms with Gasteiger partial charge in [-0.3, -0.25) is 9.69 Å². The van der Waals surface area contributed by atoms with Gasteiger partial charge in [0.05, 0.1) is 13.5 Å². The lowest BCUT2D eigenvalue weighted by Crippen LogP contribution is -2.47. The van der Waals surface area contributed by atoms with Crippen LogP contribution in [0.15, 0.2) is 18.2 Å². The van der Waals surface area contributed by atoms with E-state index in [2.05, 4.69) is 22.2 Å². The molecule has 0 aromatic heterocycles. The van der Waals surface area contributed by atoms with E-state index >= 15 is 0 Å². The van der Waals surface area contributed by atoms with E-state index in [-0.39, 0.29) is 12.3 Å². The molecule has 1 aliphatic rings. The summed E-state index contributed by atoms with van der Waals surface area (Å²) in [6, 6.07) is 5.32. The molecule has 0 bridgehead atoms. The van der Waals surface area contributed by atoms with Crippen LogP contribution in [0, 0.1) is 0 Å². The monoisotopic (exact) mass is 325 g/mol. The highest BCUT2D eigenvalue weighted by Gasteiger charge is 2.14. The van der Waals surface area contributed by atoms with E-state index in [4.69, 9.17) is 16.3 Å². The number of nitrogens with one attached hydrogen (secondary N) is 1. The molecule has 22 heavy (non-hydrogen) atoms. The summed E-state index contributed by atoms with van der Waals surface area (Å²) >= 11 is 5.98. The molecule has 1 fully saturated rings. The van der Waals surface area contributed by atoms with Crippen LogP contribution < -0.4 is 10.1 Å². The molecule has 0 aliphatic carbocycles. The average molecular weight is 326 g/mol. The van der Waals surface area contributed by atoms with E-state index in [0.29, 0.717) is 17.3 Å². The predicted molar refractivity (Wildman–Crippen MR) is 88.7 cm³/mol. The molecule has 1 heterocycles. The van der Waals surface area contributed by atoms with Crippen LogP contribution in [0.4, 0.5) is 0 Å². The Labute approximate surface area is 137 Å². The van der Waals surface area contributed by atoms with E-state index < -0.39 is 0 Å². The Morgan fingerprint density at radius 2 is 2.05 bits per heavy atom. The summed E-state index contributed by atoms with van der Waals surface area (Å²) in [5, 5.41) is 3.58. The van der Waals surface area contributed by atoms with Crippen molar-refractivity contribution in [2.75, 3.05) is 53.4 Å². The van der Waals surface area contributed by atoms with Crippen molar-refractivity contribution in [3.8, 4) is 5.75 Å². The van der Waals surface area contributed by atoms with Gasteiger partial charge in [-0.2, -0.15) is 0 Å². The summed E-state index contributed by atoms with van der Waals surface area (Å²) < 4.78 is 5.26. The quantitative estimate of drug-likeness (QED) is 0.855. The minimum absolute atomic E-state index is 0.00491. The van der Waals surface area contributed by atoms with Crippen LogP contribution in [0.3, 0.4) is 0 Å². The zero-order chi connectivity index (χ0) is 15.9. The van der Waals surface area contributed by atoms with E-state index in [1.54, 1.807) is 25.3 Å². The highest BCUT2D eigenvalue weighted by molar-refractivity contribution is 6.30. The summed E-state index contributed by atoms with van der Waals surface area (Å²) in [4.78, 5) is 16.7. The maximum atomic E-state index is 12.0. The van der Waals surface area contributed by atoms with Crippen LogP contribution in [0.2, 0.25) is 5.02 Å².